The van der Waals surface area contributed by atoms with Crippen molar-refractivity contribution in [1.82, 2.24) is 10.2 Å². The molecule has 2 heterocycles. The van der Waals surface area contributed by atoms with Crippen molar-refractivity contribution in [2.75, 3.05) is 21.3 Å². The lowest BCUT2D eigenvalue weighted by molar-refractivity contribution is 0.0823. The van der Waals surface area contributed by atoms with E-state index in [-0.39, 0.29) is 11.9 Å². The van der Waals surface area contributed by atoms with E-state index < -0.39 is 0 Å². The SMILES string of the molecule is COc1ccc(OC)c(CN2C3CCC2CC(NC(=O)c2ccccc2OC)C3)c1. The van der Waals surface area contributed by atoms with Crippen LogP contribution in [0, 0.1) is 0 Å². The van der Waals surface area contributed by atoms with Gasteiger partial charge in [0.1, 0.15) is 17.2 Å². The lowest BCUT2D eigenvalue weighted by Crippen LogP contribution is -2.50. The number of carbonyl (C=O) groups is 1. The molecule has 2 aliphatic rings. The van der Waals surface area contributed by atoms with Crippen molar-refractivity contribution in [1.29, 1.82) is 0 Å². The first-order chi connectivity index (χ1) is 14.6. The van der Waals surface area contributed by atoms with Crippen molar-refractivity contribution < 1.29 is 19.0 Å². The van der Waals surface area contributed by atoms with Crippen LogP contribution >= 0.6 is 0 Å². The summed E-state index contributed by atoms with van der Waals surface area (Å²) in [4.78, 5) is 15.4. The van der Waals surface area contributed by atoms with E-state index in [0.717, 1.165) is 49.3 Å². The van der Waals surface area contributed by atoms with Gasteiger partial charge >= 0.3 is 0 Å². The number of methoxy groups -OCH3 is 3. The highest BCUT2D eigenvalue weighted by Gasteiger charge is 2.41. The quantitative estimate of drug-likeness (QED) is 0.755. The van der Waals surface area contributed by atoms with Crippen LogP contribution in [0.4, 0.5) is 0 Å². The van der Waals surface area contributed by atoms with E-state index in [1.165, 1.54) is 0 Å². The molecule has 6 nitrogen and oxygen atoms in total. The fourth-order valence-corrected chi connectivity index (χ4v) is 4.95. The molecule has 2 fully saturated rings. The first-order valence-corrected chi connectivity index (χ1v) is 10.5. The van der Waals surface area contributed by atoms with Crippen LogP contribution in [0.1, 0.15) is 41.6 Å². The second kappa shape index (κ2) is 8.96. The first-order valence-electron chi connectivity index (χ1n) is 10.5. The fraction of sp³-hybridized carbons (Fsp3) is 0.458. The lowest BCUT2D eigenvalue weighted by atomic mass is 9.96. The number of carbonyl (C=O) groups excluding carboxylic acids is 1. The van der Waals surface area contributed by atoms with Crippen molar-refractivity contribution >= 4 is 5.91 Å². The molecule has 30 heavy (non-hydrogen) atoms. The number of hydrogen-bond acceptors (Lipinski definition) is 5. The van der Waals surface area contributed by atoms with Crippen LogP contribution in [0.5, 0.6) is 17.2 Å². The monoisotopic (exact) mass is 410 g/mol. The van der Waals surface area contributed by atoms with E-state index in [4.69, 9.17) is 14.2 Å². The van der Waals surface area contributed by atoms with Gasteiger partial charge in [0.25, 0.3) is 5.91 Å². The van der Waals surface area contributed by atoms with E-state index in [0.29, 0.717) is 23.4 Å². The third-order valence-electron chi connectivity index (χ3n) is 6.41. The summed E-state index contributed by atoms with van der Waals surface area (Å²) in [5.41, 5.74) is 1.74. The number of nitrogens with one attached hydrogen (secondary N) is 1. The summed E-state index contributed by atoms with van der Waals surface area (Å²) in [6.45, 7) is 0.836. The zero-order valence-corrected chi connectivity index (χ0v) is 17.9. The highest BCUT2D eigenvalue weighted by atomic mass is 16.5. The molecular weight excluding hydrogens is 380 g/mol. The van der Waals surface area contributed by atoms with Crippen molar-refractivity contribution in [3.63, 3.8) is 0 Å². The number of piperidine rings is 1. The normalized spacial score (nSPS) is 23.1. The first kappa shape index (κ1) is 20.5. The molecule has 2 atom stereocenters. The average molecular weight is 411 g/mol. The van der Waals surface area contributed by atoms with Gasteiger partial charge in [-0.1, -0.05) is 12.1 Å². The number of fused-ring (bicyclic) bond motifs is 2. The number of hydrogen-bond donors (Lipinski definition) is 1. The standard InChI is InChI=1S/C24H30N2O4/c1-28-20-10-11-22(29-2)16(12-20)15-26-18-8-9-19(26)14-17(13-18)25-24(27)21-6-4-5-7-23(21)30-3/h4-7,10-12,17-19H,8-9,13-15H2,1-3H3,(H,25,27). The minimum Gasteiger partial charge on any atom is -0.497 e. The largest absolute Gasteiger partial charge is 0.497 e. The van der Waals surface area contributed by atoms with Crippen LogP contribution in [0.25, 0.3) is 0 Å². The molecule has 2 aromatic carbocycles. The molecule has 6 heteroatoms. The van der Waals surface area contributed by atoms with Crippen molar-refractivity contribution in [2.45, 2.75) is 50.4 Å². The molecule has 2 aliphatic heterocycles. The molecule has 1 N–H and O–H groups in total. The second-order valence-corrected chi connectivity index (χ2v) is 8.08. The molecule has 2 bridgehead atoms. The number of nitrogens with zero attached hydrogens (tertiary/aromatic N) is 1. The minimum absolute atomic E-state index is 0.0558. The smallest absolute Gasteiger partial charge is 0.255 e. The van der Waals surface area contributed by atoms with Gasteiger partial charge in [0.05, 0.1) is 26.9 Å². The summed E-state index contributed by atoms with van der Waals surface area (Å²) in [7, 11) is 4.99. The van der Waals surface area contributed by atoms with Crippen LogP contribution in [-0.2, 0) is 6.54 Å². The second-order valence-electron chi connectivity index (χ2n) is 8.08. The van der Waals surface area contributed by atoms with Gasteiger partial charge in [-0.2, -0.15) is 0 Å². The number of amides is 1. The molecule has 2 saturated heterocycles. The summed E-state index contributed by atoms with van der Waals surface area (Å²) in [6, 6.07) is 14.4. The summed E-state index contributed by atoms with van der Waals surface area (Å²) < 4.78 is 16.3. The molecule has 0 aliphatic carbocycles. The highest BCUT2D eigenvalue weighted by molar-refractivity contribution is 5.97. The minimum atomic E-state index is -0.0558. The third kappa shape index (κ3) is 4.10. The van der Waals surface area contributed by atoms with Crippen LogP contribution in [0.2, 0.25) is 0 Å². The fourth-order valence-electron chi connectivity index (χ4n) is 4.95. The molecule has 4 rings (SSSR count). The molecule has 0 spiro atoms. The Morgan fingerprint density at radius 2 is 1.67 bits per heavy atom. The molecule has 160 valence electrons. The van der Waals surface area contributed by atoms with Gasteiger partial charge in [-0.15, -0.1) is 0 Å². The zero-order chi connectivity index (χ0) is 21.1. The highest BCUT2D eigenvalue weighted by Crippen LogP contribution is 2.38. The van der Waals surface area contributed by atoms with E-state index in [1.54, 1.807) is 21.3 Å². The van der Waals surface area contributed by atoms with Gasteiger partial charge in [0.2, 0.25) is 0 Å². The van der Waals surface area contributed by atoms with Gasteiger partial charge < -0.3 is 19.5 Å². The van der Waals surface area contributed by atoms with Crippen LogP contribution in [-0.4, -0.2) is 50.3 Å². The summed E-state index contributed by atoms with van der Waals surface area (Å²) in [5.74, 6) is 2.29. The maximum atomic E-state index is 12.8. The Labute approximate surface area is 178 Å². The van der Waals surface area contributed by atoms with Crippen LogP contribution in [0.3, 0.4) is 0 Å². The molecule has 0 saturated carbocycles. The Balaban J connectivity index is 1.43. The lowest BCUT2D eigenvalue weighted by Gasteiger charge is -2.39. The molecule has 0 aromatic heterocycles. The average Bonchev–Trinajstić information content (AvgIpc) is 3.01. The van der Waals surface area contributed by atoms with Gasteiger partial charge in [0, 0.05) is 30.2 Å². The van der Waals surface area contributed by atoms with Gasteiger partial charge in [-0.05, 0) is 56.0 Å². The predicted molar refractivity (Wildman–Crippen MR) is 115 cm³/mol. The summed E-state index contributed by atoms with van der Waals surface area (Å²) in [6.07, 6.45) is 4.25. The van der Waals surface area contributed by atoms with Gasteiger partial charge in [-0.3, -0.25) is 9.69 Å². The Morgan fingerprint density at radius 1 is 0.967 bits per heavy atom. The Bertz CT molecular complexity index is 887. The van der Waals surface area contributed by atoms with Crippen LogP contribution in [0.15, 0.2) is 42.5 Å². The van der Waals surface area contributed by atoms with E-state index in [2.05, 4.69) is 16.3 Å². The van der Waals surface area contributed by atoms with E-state index in [9.17, 15) is 4.79 Å². The topological polar surface area (TPSA) is 60.0 Å². The van der Waals surface area contributed by atoms with E-state index >= 15 is 0 Å². The maximum Gasteiger partial charge on any atom is 0.255 e. The zero-order valence-electron chi connectivity index (χ0n) is 17.9. The van der Waals surface area contributed by atoms with Gasteiger partial charge in [-0.25, -0.2) is 0 Å². The molecular formula is C24H30N2O4. The summed E-state index contributed by atoms with van der Waals surface area (Å²) in [5, 5.41) is 3.25. The van der Waals surface area contributed by atoms with E-state index in [1.807, 2.05) is 36.4 Å². The molecule has 2 unspecified atom stereocenters. The molecule has 2 aromatic rings. The van der Waals surface area contributed by atoms with Crippen molar-refractivity contribution in [3.05, 3.63) is 53.6 Å². The van der Waals surface area contributed by atoms with Crippen molar-refractivity contribution in [2.24, 2.45) is 0 Å². The molecule has 0 radical (unpaired) electrons. The molecule has 1 amide bonds. The van der Waals surface area contributed by atoms with Gasteiger partial charge in [0.15, 0.2) is 0 Å². The predicted octanol–water partition coefficient (Wildman–Crippen LogP) is 3.64. The Kier molecular flexibility index (Phi) is 6.13. The Morgan fingerprint density at radius 3 is 2.33 bits per heavy atom. The number of ether oxygens (including phenoxy) is 3. The third-order valence-corrected chi connectivity index (χ3v) is 6.41. The number of rotatable bonds is 7. The van der Waals surface area contributed by atoms with Crippen molar-refractivity contribution in [3.8, 4) is 17.2 Å². The Hall–Kier alpha value is -2.73. The summed E-state index contributed by atoms with van der Waals surface area (Å²) >= 11 is 0. The maximum absolute atomic E-state index is 12.8. The van der Waals surface area contributed by atoms with Crippen LogP contribution < -0.4 is 19.5 Å². The number of para-hydroxylation sites is 1. The number of benzene rings is 2.